The van der Waals surface area contributed by atoms with Crippen molar-refractivity contribution in [2.75, 3.05) is 12.9 Å². The highest BCUT2D eigenvalue weighted by Gasteiger charge is 2.20. The summed E-state index contributed by atoms with van der Waals surface area (Å²) in [7, 11) is 1.63. The van der Waals surface area contributed by atoms with E-state index in [1.807, 2.05) is 24.3 Å². The van der Waals surface area contributed by atoms with E-state index in [1.165, 1.54) is 5.56 Å². The number of ether oxygens (including phenoxy) is 2. The summed E-state index contributed by atoms with van der Waals surface area (Å²) in [5, 5.41) is 14.0. The molecule has 0 amide bonds. The maximum absolute atomic E-state index is 5.85. The molecule has 0 aliphatic carbocycles. The molecular weight excluding hydrogens is 360 g/mol. The predicted octanol–water partition coefficient (Wildman–Crippen LogP) is 3.79. The van der Waals surface area contributed by atoms with Gasteiger partial charge in [0.2, 0.25) is 5.16 Å². The molecule has 0 saturated heterocycles. The normalized spacial score (nSPS) is 13.0. The largest absolute Gasteiger partial charge is 0.497 e. The first-order valence-electron chi connectivity index (χ1n) is 8.78. The number of thioether (sulfide) groups is 1. The highest BCUT2D eigenvalue weighted by molar-refractivity contribution is 7.99. The summed E-state index contributed by atoms with van der Waals surface area (Å²) in [5.41, 5.74) is 3.46. The second kappa shape index (κ2) is 7.84. The molecule has 0 spiro atoms. The first-order valence-corrected chi connectivity index (χ1v) is 9.76. The molecule has 1 aromatic heterocycles. The molecule has 0 saturated carbocycles. The van der Waals surface area contributed by atoms with Gasteiger partial charge >= 0.3 is 0 Å². The summed E-state index contributed by atoms with van der Waals surface area (Å²) in [6, 6.07) is 16.0. The molecule has 3 aromatic rings. The van der Waals surface area contributed by atoms with Gasteiger partial charge in [0, 0.05) is 11.8 Å². The number of nitrogens with zero attached hydrogens (tertiary/aromatic N) is 4. The molecule has 0 N–H and O–H groups in total. The lowest BCUT2D eigenvalue weighted by Crippen LogP contribution is -2.15. The Bertz CT molecular complexity index is 966. The molecule has 0 atom stereocenters. The summed E-state index contributed by atoms with van der Waals surface area (Å²) in [4.78, 5) is 0. The van der Waals surface area contributed by atoms with Crippen molar-refractivity contribution < 1.29 is 9.47 Å². The van der Waals surface area contributed by atoms with Gasteiger partial charge in [-0.1, -0.05) is 49.0 Å². The van der Waals surface area contributed by atoms with Gasteiger partial charge in [0.1, 0.15) is 18.1 Å². The topological polar surface area (TPSA) is 61.5 Å². The zero-order valence-corrected chi connectivity index (χ0v) is 16.1. The fourth-order valence-electron chi connectivity index (χ4n) is 2.77. The molecule has 0 unspecified atom stereocenters. The second-order valence-electron chi connectivity index (χ2n) is 6.06. The van der Waals surface area contributed by atoms with Crippen LogP contribution in [0.2, 0.25) is 0 Å². The van der Waals surface area contributed by atoms with Gasteiger partial charge in [-0.05, 0) is 29.7 Å². The third-order valence-electron chi connectivity index (χ3n) is 4.34. The zero-order chi connectivity index (χ0) is 18.6. The summed E-state index contributed by atoms with van der Waals surface area (Å²) in [6.45, 7) is 2.44. The van der Waals surface area contributed by atoms with Gasteiger partial charge in [0.05, 0.1) is 12.8 Å². The average Bonchev–Trinajstić information content (AvgIpc) is 3.14. The van der Waals surface area contributed by atoms with E-state index in [2.05, 4.69) is 41.4 Å². The van der Waals surface area contributed by atoms with E-state index < -0.39 is 0 Å². The van der Waals surface area contributed by atoms with E-state index in [0.29, 0.717) is 5.82 Å². The molecule has 0 radical (unpaired) electrons. The van der Waals surface area contributed by atoms with Crippen LogP contribution in [0, 0.1) is 0 Å². The molecule has 2 aromatic carbocycles. The Kier molecular flexibility index (Phi) is 5.11. The fourth-order valence-corrected chi connectivity index (χ4v) is 3.63. The van der Waals surface area contributed by atoms with Crippen molar-refractivity contribution in [3.63, 3.8) is 0 Å². The Balaban J connectivity index is 1.54. The van der Waals surface area contributed by atoms with Crippen LogP contribution in [-0.4, -0.2) is 33.4 Å². The Labute approximate surface area is 162 Å². The van der Waals surface area contributed by atoms with E-state index in [4.69, 9.17) is 14.6 Å². The monoisotopic (exact) mass is 380 g/mol. The Hall–Kier alpha value is -2.80. The van der Waals surface area contributed by atoms with Crippen LogP contribution in [0.25, 0.3) is 0 Å². The Morgan fingerprint density at radius 1 is 1.07 bits per heavy atom. The molecule has 4 rings (SSSR count). The molecule has 1 aliphatic rings. The van der Waals surface area contributed by atoms with Crippen molar-refractivity contribution in [1.29, 1.82) is 0 Å². The zero-order valence-electron chi connectivity index (χ0n) is 15.3. The van der Waals surface area contributed by atoms with Gasteiger partial charge < -0.3 is 9.47 Å². The summed E-state index contributed by atoms with van der Waals surface area (Å²) in [5.74, 6) is 2.92. The average molecular weight is 380 g/mol. The van der Waals surface area contributed by atoms with Gasteiger partial charge in [0.25, 0.3) is 0 Å². The van der Waals surface area contributed by atoms with Crippen molar-refractivity contribution in [3.8, 4) is 11.5 Å². The molecule has 138 valence electrons. The fraction of sp³-hybridized carbons (Fsp3) is 0.250. The summed E-state index contributed by atoms with van der Waals surface area (Å²) in [6.07, 6.45) is 1.03. The SMILES string of the molecule is CCc1ccc(C2=Nn3c(COc4cccc(OC)c4)nnc3SC2)cc1. The second-order valence-corrected chi connectivity index (χ2v) is 7.01. The lowest BCUT2D eigenvalue weighted by atomic mass is 10.1. The van der Waals surface area contributed by atoms with Gasteiger partial charge in [-0.2, -0.15) is 9.78 Å². The van der Waals surface area contributed by atoms with Crippen LogP contribution in [0.1, 0.15) is 23.9 Å². The number of aryl methyl sites for hydroxylation is 1. The number of aromatic nitrogens is 3. The standard InChI is InChI=1S/C20H20N4O2S/c1-3-14-7-9-15(10-8-14)18-13-27-20-22-21-19(24(20)23-18)12-26-17-6-4-5-16(11-17)25-2/h4-11H,3,12-13H2,1-2H3. The van der Waals surface area contributed by atoms with Crippen LogP contribution in [0.3, 0.4) is 0 Å². The Morgan fingerprint density at radius 3 is 2.67 bits per heavy atom. The van der Waals surface area contributed by atoms with Crippen LogP contribution in [-0.2, 0) is 13.0 Å². The molecule has 0 bridgehead atoms. The minimum absolute atomic E-state index is 0.284. The Morgan fingerprint density at radius 2 is 1.89 bits per heavy atom. The lowest BCUT2D eigenvalue weighted by Gasteiger charge is -2.14. The van der Waals surface area contributed by atoms with Gasteiger partial charge in [-0.15, -0.1) is 10.2 Å². The van der Waals surface area contributed by atoms with Crippen LogP contribution >= 0.6 is 11.8 Å². The number of methoxy groups -OCH3 is 1. The molecule has 0 fully saturated rings. The van der Waals surface area contributed by atoms with Crippen molar-refractivity contribution in [2.45, 2.75) is 25.1 Å². The first kappa shape index (κ1) is 17.6. The number of benzene rings is 2. The number of hydrogen-bond donors (Lipinski definition) is 0. The van der Waals surface area contributed by atoms with Crippen LogP contribution in [0.15, 0.2) is 58.8 Å². The van der Waals surface area contributed by atoms with E-state index in [0.717, 1.165) is 40.1 Å². The highest BCUT2D eigenvalue weighted by atomic mass is 32.2. The minimum Gasteiger partial charge on any atom is -0.497 e. The number of fused-ring (bicyclic) bond motifs is 1. The van der Waals surface area contributed by atoms with Crippen molar-refractivity contribution in [2.24, 2.45) is 5.10 Å². The van der Waals surface area contributed by atoms with E-state index in [-0.39, 0.29) is 6.61 Å². The number of hydrogen-bond acceptors (Lipinski definition) is 6. The maximum atomic E-state index is 5.85. The first-order chi connectivity index (χ1) is 13.3. The highest BCUT2D eigenvalue weighted by Crippen LogP contribution is 2.25. The van der Waals surface area contributed by atoms with Gasteiger partial charge in [-0.3, -0.25) is 0 Å². The van der Waals surface area contributed by atoms with E-state index in [1.54, 1.807) is 23.5 Å². The molecule has 1 aliphatic heterocycles. The summed E-state index contributed by atoms with van der Waals surface area (Å²) >= 11 is 1.63. The third-order valence-corrected chi connectivity index (χ3v) is 5.27. The molecule has 2 heterocycles. The minimum atomic E-state index is 0.284. The van der Waals surface area contributed by atoms with E-state index in [9.17, 15) is 0 Å². The lowest BCUT2D eigenvalue weighted by molar-refractivity contribution is 0.288. The van der Waals surface area contributed by atoms with Crippen LogP contribution < -0.4 is 9.47 Å². The molecular formula is C20H20N4O2S. The van der Waals surface area contributed by atoms with E-state index >= 15 is 0 Å². The van der Waals surface area contributed by atoms with Crippen LogP contribution in [0.5, 0.6) is 11.5 Å². The third kappa shape index (κ3) is 3.83. The molecule has 6 nitrogen and oxygen atoms in total. The van der Waals surface area contributed by atoms with Gasteiger partial charge in [0.15, 0.2) is 5.82 Å². The number of rotatable bonds is 6. The van der Waals surface area contributed by atoms with Crippen molar-refractivity contribution >= 4 is 17.5 Å². The smallest absolute Gasteiger partial charge is 0.212 e. The molecule has 27 heavy (non-hydrogen) atoms. The quantitative estimate of drug-likeness (QED) is 0.651. The van der Waals surface area contributed by atoms with Gasteiger partial charge in [-0.25, -0.2) is 0 Å². The molecule has 7 heteroatoms. The summed E-state index contributed by atoms with van der Waals surface area (Å²) < 4.78 is 12.8. The van der Waals surface area contributed by atoms with Crippen LogP contribution in [0.4, 0.5) is 0 Å². The van der Waals surface area contributed by atoms with Crippen molar-refractivity contribution in [1.82, 2.24) is 14.9 Å². The van der Waals surface area contributed by atoms with Crippen molar-refractivity contribution in [3.05, 3.63) is 65.5 Å². The maximum Gasteiger partial charge on any atom is 0.212 e. The predicted molar refractivity (Wildman–Crippen MR) is 106 cm³/mol.